The van der Waals surface area contributed by atoms with Gasteiger partial charge in [-0.15, -0.1) is 0 Å². The summed E-state index contributed by atoms with van der Waals surface area (Å²) in [5, 5.41) is 0. The highest BCUT2D eigenvalue weighted by Gasteiger charge is 2.43. The third-order valence-corrected chi connectivity index (χ3v) is 5.59. The van der Waals surface area contributed by atoms with Gasteiger partial charge < -0.3 is 10.5 Å². The summed E-state index contributed by atoms with van der Waals surface area (Å²) in [4.78, 5) is 2.78. The molecule has 3 nitrogen and oxygen atoms in total. The van der Waals surface area contributed by atoms with Gasteiger partial charge in [0.2, 0.25) is 0 Å². The van der Waals surface area contributed by atoms with Crippen LogP contribution in [0.15, 0.2) is 0 Å². The normalized spacial score (nSPS) is 27.6. The summed E-state index contributed by atoms with van der Waals surface area (Å²) in [6.45, 7) is 10.8. The Bertz CT molecular complexity index is 283. The number of hydrogen-bond donors (Lipinski definition) is 1. The highest BCUT2D eigenvalue weighted by atomic mass is 16.5. The molecule has 2 unspecified atom stereocenters. The molecule has 2 rings (SSSR count). The lowest BCUT2D eigenvalue weighted by molar-refractivity contribution is 0.00874. The van der Waals surface area contributed by atoms with Crippen molar-refractivity contribution in [2.45, 2.75) is 70.9 Å². The fourth-order valence-electron chi connectivity index (χ4n) is 4.01. The second-order valence-corrected chi connectivity index (χ2v) is 7.44. The van der Waals surface area contributed by atoms with Gasteiger partial charge in [0, 0.05) is 30.7 Å². The average molecular weight is 282 g/mol. The van der Waals surface area contributed by atoms with Crippen molar-refractivity contribution in [3.63, 3.8) is 0 Å². The predicted molar refractivity (Wildman–Crippen MR) is 84.8 cm³/mol. The Kier molecular flexibility index (Phi) is 5.88. The van der Waals surface area contributed by atoms with Crippen LogP contribution in [-0.2, 0) is 4.74 Å². The molecule has 0 radical (unpaired) electrons. The van der Waals surface area contributed by atoms with Crippen molar-refractivity contribution in [2.75, 3.05) is 26.3 Å². The molecule has 2 atom stereocenters. The summed E-state index contributed by atoms with van der Waals surface area (Å²) >= 11 is 0. The van der Waals surface area contributed by atoms with Crippen molar-refractivity contribution in [2.24, 2.45) is 17.6 Å². The van der Waals surface area contributed by atoms with E-state index in [1.54, 1.807) is 0 Å². The molecule has 3 heteroatoms. The Labute approximate surface area is 125 Å². The molecule has 1 saturated carbocycles. The molecule has 1 saturated heterocycles. The van der Waals surface area contributed by atoms with E-state index >= 15 is 0 Å². The van der Waals surface area contributed by atoms with Crippen LogP contribution in [0.25, 0.3) is 0 Å². The van der Waals surface area contributed by atoms with Crippen LogP contribution in [0, 0.1) is 11.8 Å². The van der Waals surface area contributed by atoms with Crippen molar-refractivity contribution >= 4 is 0 Å². The Morgan fingerprint density at radius 1 is 1.25 bits per heavy atom. The second kappa shape index (κ2) is 7.24. The first-order chi connectivity index (χ1) is 9.58. The molecule has 0 aromatic rings. The molecule has 1 heterocycles. The van der Waals surface area contributed by atoms with Crippen LogP contribution in [0.3, 0.4) is 0 Å². The van der Waals surface area contributed by atoms with Crippen LogP contribution < -0.4 is 5.73 Å². The van der Waals surface area contributed by atoms with Crippen LogP contribution in [0.5, 0.6) is 0 Å². The Morgan fingerprint density at radius 2 is 1.95 bits per heavy atom. The zero-order valence-corrected chi connectivity index (χ0v) is 13.7. The van der Waals surface area contributed by atoms with Gasteiger partial charge in [-0.05, 0) is 45.1 Å². The first-order valence-electron chi connectivity index (χ1n) is 8.62. The van der Waals surface area contributed by atoms with E-state index in [9.17, 15) is 0 Å². The third kappa shape index (κ3) is 3.55. The predicted octanol–water partition coefficient (Wildman–Crippen LogP) is 3.03. The van der Waals surface area contributed by atoms with Crippen molar-refractivity contribution < 1.29 is 4.74 Å². The van der Waals surface area contributed by atoms with Crippen LogP contribution in [0.4, 0.5) is 0 Å². The summed E-state index contributed by atoms with van der Waals surface area (Å²) in [5.74, 6) is 1.38. The largest absolute Gasteiger partial charge is 0.381 e. The minimum Gasteiger partial charge on any atom is -0.381 e. The topological polar surface area (TPSA) is 38.5 Å². The quantitative estimate of drug-likeness (QED) is 0.780. The van der Waals surface area contributed by atoms with Crippen LogP contribution >= 0.6 is 0 Å². The number of nitrogens with two attached hydrogens (primary N) is 1. The maximum Gasteiger partial charge on any atom is 0.0513 e. The molecule has 2 fully saturated rings. The van der Waals surface area contributed by atoms with E-state index < -0.39 is 0 Å². The van der Waals surface area contributed by atoms with Gasteiger partial charge in [-0.3, -0.25) is 4.90 Å². The van der Waals surface area contributed by atoms with Gasteiger partial charge in [0.1, 0.15) is 0 Å². The van der Waals surface area contributed by atoms with Gasteiger partial charge >= 0.3 is 0 Å². The van der Waals surface area contributed by atoms with Crippen LogP contribution in [0.2, 0.25) is 0 Å². The van der Waals surface area contributed by atoms with Crippen LogP contribution in [-0.4, -0.2) is 42.8 Å². The van der Waals surface area contributed by atoms with E-state index in [1.807, 2.05) is 0 Å². The Hall–Kier alpha value is -0.120. The lowest BCUT2D eigenvalue weighted by Gasteiger charge is -2.48. The number of ether oxygens (including phenoxy) is 1. The molecule has 1 aliphatic carbocycles. The zero-order valence-electron chi connectivity index (χ0n) is 13.7. The van der Waals surface area contributed by atoms with Gasteiger partial charge in [-0.1, -0.05) is 26.7 Å². The lowest BCUT2D eigenvalue weighted by atomic mass is 9.81. The maximum atomic E-state index is 6.26. The summed E-state index contributed by atoms with van der Waals surface area (Å²) in [6, 6.07) is 0.753. The fourth-order valence-corrected chi connectivity index (χ4v) is 4.01. The molecule has 1 aliphatic heterocycles. The highest BCUT2D eigenvalue weighted by molar-refractivity contribution is 4.98. The van der Waals surface area contributed by atoms with Crippen LogP contribution in [0.1, 0.15) is 59.3 Å². The van der Waals surface area contributed by atoms with E-state index in [0.717, 1.165) is 31.7 Å². The summed E-state index contributed by atoms with van der Waals surface area (Å²) in [7, 11) is 0. The number of nitrogens with zero attached hydrogens (tertiary/aromatic N) is 1. The molecule has 0 aromatic heterocycles. The number of hydrogen-bond acceptors (Lipinski definition) is 3. The molecule has 0 bridgehead atoms. The highest BCUT2D eigenvalue weighted by Crippen LogP contribution is 2.36. The van der Waals surface area contributed by atoms with Gasteiger partial charge in [0.05, 0.1) is 6.61 Å². The molecular formula is C17H34N2O. The van der Waals surface area contributed by atoms with Gasteiger partial charge in [0.25, 0.3) is 0 Å². The van der Waals surface area contributed by atoms with E-state index in [-0.39, 0.29) is 5.54 Å². The SMILES string of the molecule is CC(C)CCN(C1CCCC1)C(C)(CN)C1CCOC1. The standard InChI is InChI=1S/C17H34N2O/c1-14(2)8-10-19(16-6-4-5-7-16)17(3,13-18)15-9-11-20-12-15/h14-16H,4-13,18H2,1-3H3. The monoisotopic (exact) mass is 282 g/mol. The second-order valence-electron chi connectivity index (χ2n) is 7.44. The molecule has 2 N–H and O–H groups in total. The maximum absolute atomic E-state index is 6.26. The lowest BCUT2D eigenvalue weighted by Crippen LogP contribution is -2.60. The summed E-state index contributed by atoms with van der Waals surface area (Å²) in [6.07, 6.45) is 7.97. The molecule has 20 heavy (non-hydrogen) atoms. The summed E-state index contributed by atoms with van der Waals surface area (Å²) in [5.41, 5.74) is 6.39. The molecule has 0 amide bonds. The Morgan fingerprint density at radius 3 is 2.45 bits per heavy atom. The third-order valence-electron chi connectivity index (χ3n) is 5.59. The fraction of sp³-hybridized carbons (Fsp3) is 1.00. The van der Waals surface area contributed by atoms with Gasteiger partial charge in [0.15, 0.2) is 0 Å². The van der Waals surface area contributed by atoms with E-state index in [0.29, 0.717) is 5.92 Å². The Balaban J connectivity index is 2.12. The van der Waals surface area contributed by atoms with Crippen molar-refractivity contribution in [3.8, 4) is 0 Å². The summed E-state index contributed by atoms with van der Waals surface area (Å²) < 4.78 is 5.66. The number of rotatable bonds is 7. The van der Waals surface area contributed by atoms with Gasteiger partial charge in [-0.2, -0.15) is 0 Å². The first kappa shape index (κ1) is 16.3. The van der Waals surface area contributed by atoms with Gasteiger partial charge in [-0.25, -0.2) is 0 Å². The molecule has 2 aliphatic rings. The average Bonchev–Trinajstić information content (AvgIpc) is 3.11. The van der Waals surface area contributed by atoms with E-state index in [1.165, 1.54) is 45.1 Å². The minimum atomic E-state index is 0.125. The van der Waals surface area contributed by atoms with Crippen molar-refractivity contribution in [3.05, 3.63) is 0 Å². The van der Waals surface area contributed by atoms with E-state index in [4.69, 9.17) is 10.5 Å². The molecule has 0 spiro atoms. The van der Waals surface area contributed by atoms with E-state index in [2.05, 4.69) is 25.7 Å². The molecule has 0 aromatic carbocycles. The zero-order chi connectivity index (χ0) is 14.6. The first-order valence-corrected chi connectivity index (χ1v) is 8.62. The van der Waals surface area contributed by atoms with Crippen molar-refractivity contribution in [1.82, 2.24) is 4.90 Å². The smallest absolute Gasteiger partial charge is 0.0513 e. The van der Waals surface area contributed by atoms with Crippen molar-refractivity contribution in [1.29, 1.82) is 0 Å². The molecule has 118 valence electrons. The molecular weight excluding hydrogens is 248 g/mol. The minimum absolute atomic E-state index is 0.125.